The molecule has 144 valence electrons. The lowest BCUT2D eigenvalue weighted by Crippen LogP contribution is -2.28. The second-order valence-electron chi connectivity index (χ2n) is 7.20. The smallest absolute Gasteiger partial charge is 0.231 e. The number of aryl methyl sites for hydroxylation is 2. The molecule has 1 aliphatic rings. The van der Waals surface area contributed by atoms with Crippen LogP contribution in [0.1, 0.15) is 55.2 Å². The molecule has 0 spiro atoms. The number of nitrogens with zero attached hydrogens (tertiary/aromatic N) is 3. The van der Waals surface area contributed by atoms with Gasteiger partial charge in [0.15, 0.2) is 0 Å². The number of rotatable bonds is 6. The first kappa shape index (κ1) is 19.5. The lowest BCUT2D eigenvalue weighted by molar-refractivity contribution is -0.122. The van der Waals surface area contributed by atoms with Crippen molar-refractivity contribution < 1.29 is 9.59 Å². The molecule has 2 heterocycles. The molecular weight excluding hydrogens is 360 g/mol. The fraction of sp³-hybridized carbons (Fsp3) is 0.500. The van der Waals surface area contributed by atoms with Gasteiger partial charge in [-0.15, -0.1) is 10.2 Å². The summed E-state index contributed by atoms with van der Waals surface area (Å²) in [4.78, 5) is 26.8. The first-order valence-electron chi connectivity index (χ1n) is 9.44. The van der Waals surface area contributed by atoms with E-state index < -0.39 is 0 Å². The van der Waals surface area contributed by atoms with Crippen LogP contribution in [0.15, 0.2) is 18.2 Å². The van der Waals surface area contributed by atoms with Crippen molar-refractivity contribution in [3.63, 3.8) is 0 Å². The van der Waals surface area contributed by atoms with Crippen molar-refractivity contribution >= 4 is 34.0 Å². The first-order valence-corrected chi connectivity index (χ1v) is 10.3. The number of amides is 2. The molecule has 1 unspecified atom stereocenters. The average Bonchev–Trinajstić information content (AvgIpc) is 3.22. The van der Waals surface area contributed by atoms with E-state index >= 15 is 0 Å². The Morgan fingerprint density at radius 3 is 2.52 bits per heavy atom. The van der Waals surface area contributed by atoms with Gasteiger partial charge in [0.2, 0.25) is 16.9 Å². The van der Waals surface area contributed by atoms with E-state index in [0.717, 1.165) is 34.7 Å². The predicted octanol–water partition coefficient (Wildman–Crippen LogP) is 4.05. The summed E-state index contributed by atoms with van der Waals surface area (Å²) in [5.41, 5.74) is 3.07. The molecule has 2 amide bonds. The lowest BCUT2D eigenvalue weighted by Gasteiger charge is -2.18. The van der Waals surface area contributed by atoms with Gasteiger partial charge in [-0.25, -0.2) is 0 Å². The van der Waals surface area contributed by atoms with Crippen LogP contribution in [0.3, 0.4) is 0 Å². The molecule has 1 aromatic carbocycles. The maximum absolute atomic E-state index is 12.6. The molecule has 1 aromatic heterocycles. The Labute approximate surface area is 164 Å². The van der Waals surface area contributed by atoms with Gasteiger partial charge in [0.1, 0.15) is 5.01 Å². The summed E-state index contributed by atoms with van der Waals surface area (Å²) in [6, 6.07) is 6.04. The van der Waals surface area contributed by atoms with Crippen LogP contribution in [0.2, 0.25) is 0 Å². The Morgan fingerprint density at radius 1 is 1.22 bits per heavy atom. The second-order valence-corrected chi connectivity index (χ2v) is 8.21. The van der Waals surface area contributed by atoms with Crippen molar-refractivity contribution in [3.05, 3.63) is 34.3 Å². The molecule has 1 N–H and O–H groups in total. The summed E-state index contributed by atoms with van der Waals surface area (Å²) in [7, 11) is 0. The van der Waals surface area contributed by atoms with Crippen molar-refractivity contribution in [2.75, 3.05) is 16.8 Å². The molecule has 1 saturated heterocycles. The molecule has 2 aromatic rings. The number of aromatic nitrogens is 2. The van der Waals surface area contributed by atoms with Gasteiger partial charge in [0, 0.05) is 24.6 Å². The van der Waals surface area contributed by atoms with Crippen LogP contribution in [0.4, 0.5) is 10.8 Å². The fourth-order valence-electron chi connectivity index (χ4n) is 3.53. The van der Waals surface area contributed by atoms with Gasteiger partial charge in [0.05, 0.1) is 5.92 Å². The highest BCUT2D eigenvalue weighted by Gasteiger charge is 2.35. The molecule has 0 radical (unpaired) electrons. The van der Waals surface area contributed by atoms with E-state index in [9.17, 15) is 9.59 Å². The molecule has 0 bridgehead atoms. The van der Waals surface area contributed by atoms with Crippen LogP contribution >= 0.6 is 11.3 Å². The topological polar surface area (TPSA) is 75.2 Å². The van der Waals surface area contributed by atoms with Crippen LogP contribution in [0.5, 0.6) is 0 Å². The van der Waals surface area contributed by atoms with E-state index in [4.69, 9.17) is 0 Å². The lowest BCUT2D eigenvalue weighted by atomic mass is 10.1. The maximum Gasteiger partial charge on any atom is 0.231 e. The second kappa shape index (κ2) is 8.17. The SMILES string of the molecule is CCC(CC)c1nnc(NC(=O)C2CC(=O)N(c3cc(C)cc(C)c3)C2)s1. The fourth-order valence-corrected chi connectivity index (χ4v) is 4.55. The van der Waals surface area contributed by atoms with Crippen molar-refractivity contribution in [3.8, 4) is 0 Å². The number of hydrogen-bond acceptors (Lipinski definition) is 5. The van der Waals surface area contributed by atoms with Crippen LogP contribution in [0.25, 0.3) is 0 Å². The highest BCUT2D eigenvalue weighted by Crippen LogP contribution is 2.30. The number of hydrogen-bond donors (Lipinski definition) is 1. The van der Waals surface area contributed by atoms with E-state index in [1.54, 1.807) is 4.90 Å². The predicted molar refractivity (Wildman–Crippen MR) is 108 cm³/mol. The summed E-state index contributed by atoms with van der Waals surface area (Å²) in [6.45, 7) is 8.66. The normalized spacial score (nSPS) is 17.0. The first-order chi connectivity index (χ1) is 12.9. The van der Waals surface area contributed by atoms with Crippen LogP contribution in [-0.4, -0.2) is 28.6 Å². The van der Waals surface area contributed by atoms with Crippen LogP contribution in [-0.2, 0) is 9.59 Å². The number of carbonyl (C=O) groups excluding carboxylic acids is 2. The quantitative estimate of drug-likeness (QED) is 0.813. The summed E-state index contributed by atoms with van der Waals surface area (Å²) >= 11 is 1.43. The standard InChI is InChI=1S/C20H26N4O2S/c1-5-14(6-2)19-22-23-20(27-19)21-18(26)15-10-17(25)24(11-15)16-8-12(3)7-13(4)9-16/h7-9,14-15H,5-6,10-11H2,1-4H3,(H,21,23,26). The monoisotopic (exact) mass is 386 g/mol. The molecule has 7 heteroatoms. The number of carbonyl (C=O) groups is 2. The van der Waals surface area contributed by atoms with Gasteiger partial charge in [-0.2, -0.15) is 0 Å². The zero-order chi connectivity index (χ0) is 19.6. The summed E-state index contributed by atoms with van der Waals surface area (Å²) in [5.74, 6) is -0.183. The van der Waals surface area contributed by atoms with E-state index in [2.05, 4.69) is 35.4 Å². The van der Waals surface area contributed by atoms with Crippen LogP contribution < -0.4 is 10.2 Å². The minimum absolute atomic E-state index is 0.0184. The molecule has 0 saturated carbocycles. The summed E-state index contributed by atoms with van der Waals surface area (Å²) in [5, 5.41) is 12.6. The molecule has 1 atom stereocenters. The Balaban J connectivity index is 1.67. The third kappa shape index (κ3) is 4.35. The molecule has 0 aliphatic carbocycles. The Morgan fingerprint density at radius 2 is 1.89 bits per heavy atom. The highest BCUT2D eigenvalue weighted by atomic mass is 32.1. The van der Waals surface area contributed by atoms with Gasteiger partial charge in [0.25, 0.3) is 0 Å². The largest absolute Gasteiger partial charge is 0.312 e. The van der Waals surface area contributed by atoms with Gasteiger partial charge in [-0.05, 0) is 49.9 Å². The Bertz CT molecular complexity index is 824. The minimum atomic E-state index is -0.376. The van der Waals surface area contributed by atoms with Gasteiger partial charge in [-0.3, -0.25) is 9.59 Å². The Kier molecular flexibility index (Phi) is 5.89. The molecule has 1 aliphatic heterocycles. The van der Waals surface area contributed by atoms with E-state index in [-0.39, 0.29) is 24.2 Å². The average molecular weight is 387 g/mol. The summed E-state index contributed by atoms with van der Waals surface area (Å²) in [6.07, 6.45) is 2.22. The molecule has 1 fully saturated rings. The zero-order valence-corrected chi connectivity index (χ0v) is 17.1. The Hall–Kier alpha value is -2.28. The minimum Gasteiger partial charge on any atom is -0.312 e. The van der Waals surface area contributed by atoms with Crippen molar-refractivity contribution in [2.24, 2.45) is 5.92 Å². The van der Waals surface area contributed by atoms with Crippen molar-refractivity contribution in [1.82, 2.24) is 10.2 Å². The van der Waals surface area contributed by atoms with Crippen molar-refractivity contribution in [1.29, 1.82) is 0 Å². The third-order valence-corrected chi connectivity index (χ3v) is 6.02. The highest BCUT2D eigenvalue weighted by molar-refractivity contribution is 7.15. The van der Waals surface area contributed by atoms with E-state index in [1.807, 2.05) is 26.0 Å². The van der Waals surface area contributed by atoms with Crippen LogP contribution in [0, 0.1) is 19.8 Å². The molecule has 3 rings (SSSR count). The zero-order valence-electron chi connectivity index (χ0n) is 16.3. The number of nitrogens with one attached hydrogen (secondary N) is 1. The number of benzene rings is 1. The maximum atomic E-state index is 12.6. The molecule has 27 heavy (non-hydrogen) atoms. The van der Waals surface area contributed by atoms with E-state index in [1.165, 1.54) is 11.3 Å². The molecular formula is C20H26N4O2S. The summed E-state index contributed by atoms with van der Waals surface area (Å²) < 4.78 is 0. The molecule has 6 nitrogen and oxygen atoms in total. The number of anilines is 2. The van der Waals surface area contributed by atoms with E-state index in [0.29, 0.717) is 17.6 Å². The van der Waals surface area contributed by atoms with Gasteiger partial charge in [-0.1, -0.05) is 31.3 Å². The van der Waals surface area contributed by atoms with Crippen molar-refractivity contribution in [2.45, 2.75) is 52.9 Å². The van der Waals surface area contributed by atoms with Gasteiger partial charge < -0.3 is 10.2 Å². The van der Waals surface area contributed by atoms with Gasteiger partial charge >= 0.3 is 0 Å². The third-order valence-electron chi connectivity index (χ3n) is 5.02.